The first-order valence-corrected chi connectivity index (χ1v) is 4.13. The summed E-state index contributed by atoms with van der Waals surface area (Å²) < 4.78 is 0. The van der Waals surface area contributed by atoms with Gasteiger partial charge in [-0.25, -0.2) is 0 Å². The van der Waals surface area contributed by atoms with Gasteiger partial charge in [-0.15, -0.1) is 0 Å². The maximum atomic E-state index is 2.24. The molecule has 0 fully saturated rings. The molecule has 0 unspecified atom stereocenters. The van der Waals surface area contributed by atoms with Gasteiger partial charge in [-0.05, 0) is 0 Å². The van der Waals surface area contributed by atoms with Crippen molar-refractivity contribution in [1.82, 2.24) is 0 Å². The van der Waals surface area contributed by atoms with Crippen LogP contribution in [0.25, 0.3) is 0 Å². The van der Waals surface area contributed by atoms with Crippen LogP contribution in [0.4, 0.5) is 0 Å². The van der Waals surface area contributed by atoms with E-state index in [-0.39, 0.29) is 29.6 Å². The Hall–Kier alpha value is 0.999. The molecule has 0 spiro atoms. The summed E-state index contributed by atoms with van der Waals surface area (Å²) in [6.45, 7) is 0. The summed E-state index contributed by atoms with van der Waals surface area (Å²) in [6.07, 6.45) is 6.43. The van der Waals surface area contributed by atoms with Crippen LogP contribution in [-0.4, -0.2) is 44.5 Å². The molecule has 1 heterocycles. The fourth-order valence-corrected chi connectivity index (χ4v) is 1.47. The molecule has 34 valence electrons. The first-order valence-electron chi connectivity index (χ1n) is 1.93. The molecule has 0 atom stereocenters. The van der Waals surface area contributed by atoms with Crippen molar-refractivity contribution in [3.63, 3.8) is 0 Å². The fourth-order valence-electron chi connectivity index (χ4n) is 0.346. The second-order valence-corrected chi connectivity index (χ2v) is 3.06. The van der Waals surface area contributed by atoms with Crippen molar-refractivity contribution in [2.75, 3.05) is 0 Å². The molecule has 1 rings (SSSR count). The van der Waals surface area contributed by atoms with Gasteiger partial charge >= 0.3 is 73.0 Å². The standard InChI is InChI=1S/C5H6Se.Na.H/c1-2-4-6-5-3-1;;/h1-4H,5H2;;. The van der Waals surface area contributed by atoms with E-state index in [0.29, 0.717) is 0 Å². The summed E-state index contributed by atoms with van der Waals surface area (Å²) in [6, 6.07) is 0. The van der Waals surface area contributed by atoms with Gasteiger partial charge in [0.2, 0.25) is 0 Å². The summed E-state index contributed by atoms with van der Waals surface area (Å²) in [5, 5.41) is 1.30. The van der Waals surface area contributed by atoms with E-state index in [1.807, 2.05) is 0 Å². The molecule has 0 nitrogen and oxygen atoms in total. The quantitative estimate of drug-likeness (QED) is 0.464. The maximum absolute atomic E-state index is 2.24. The van der Waals surface area contributed by atoms with E-state index in [4.69, 9.17) is 0 Å². The second kappa shape index (κ2) is 5.14. The van der Waals surface area contributed by atoms with Crippen LogP contribution in [0.5, 0.6) is 0 Å². The van der Waals surface area contributed by atoms with Gasteiger partial charge < -0.3 is 0 Å². The van der Waals surface area contributed by atoms with Gasteiger partial charge in [0.15, 0.2) is 0 Å². The zero-order valence-electron chi connectivity index (χ0n) is 3.42. The predicted octanol–water partition coefficient (Wildman–Crippen LogP) is 0.544. The summed E-state index contributed by atoms with van der Waals surface area (Å²) in [4.78, 5) is 2.24. The zero-order valence-corrected chi connectivity index (χ0v) is 5.14. The first kappa shape index (κ1) is 8.00. The topological polar surface area (TPSA) is 0 Å². The van der Waals surface area contributed by atoms with Crippen LogP contribution in [0, 0.1) is 0 Å². The molecule has 0 aromatic carbocycles. The van der Waals surface area contributed by atoms with Gasteiger partial charge in [-0.2, -0.15) is 0 Å². The summed E-state index contributed by atoms with van der Waals surface area (Å²) in [5.74, 6) is 0. The molecule has 1 aliphatic heterocycles. The van der Waals surface area contributed by atoms with Crippen LogP contribution < -0.4 is 0 Å². The van der Waals surface area contributed by atoms with Crippen molar-refractivity contribution in [2.45, 2.75) is 5.32 Å². The molecule has 0 radical (unpaired) electrons. The van der Waals surface area contributed by atoms with Crippen LogP contribution in [0.2, 0.25) is 5.32 Å². The molecule has 0 bridgehead atoms. The Morgan fingerprint density at radius 1 is 1.29 bits per heavy atom. The Bertz CT molecular complexity index is 74.1. The third-order valence-electron chi connectivity index (χ3n) is 0.614. The van der Waals surface area contributed by atoms with Gasteiger partial charge in [0, 0.05) is 0 Å². The molecule has 0 aliphatic carbocycles. The number of hydrogen-bond donors (Lipinski definition) is 0. The van der Waals surface area contributed by atoms with Crippen LogP contribution in [0.3, 0.4) is 0 Å². The summed E-state index contributed by atoms with van der Waals surface area (Å²) in [7, 11) is 0. The zero-order chi connectivity index (χ0) is 4.24. The molecule has 0 amide bonds. The Morgan fingerprint density at radius 3 is 2.29 bits per heavy atom. The molecule has 0 aromatic heterocycles. The van der Waals surface area contributed by atoms with Gasteiger partial charge in [0.1, 0.15) is 0 Å². The minimum absolute atomic E-state index is 0. The van der Waals surface area contributed by atoms with Gasteiger partial charge in [0.25, 0.3) is 0 Å². The van der Waals surface area contributed by atoms with E-state index in [2.05, 4.69) is 23.2 Å². The molecule has 2 heteroatoms. The van der Waals surface area contributed by atoms with E-state index in [1.54, 1.807) is 0 Å². The van der Waals surface area contributed by atoms with Gasteiger partial charge in [0.05, 0.1) is 0 Å². The predicted molar refractivity (Wildman–Crippen MR) is 36.0 cm³/mol. The van der Waals surface area contributed by atoms with E-state index >= 15 is 0 Å². The normalized spacial score (nSPS) is 16.0. The third kappa shape index (κ3) is 3.57. The fraction of sp³-hybridized carbons (Fsp3) is 0.200. The molecule has 0 N–H and O–H groups in total. The average Bonchev–Trinajstić information content (AvgIpc) is 1.72. The molecule has 0 saturated heterocycles. The van der Waals surface area contributed by atoms with Crippen molar-refractivity contribution >= 4 is 44.5 Å². The molecule has 0 aromatic rings. The Kier molecular flexibility index (Phi) is 5.88. The third-order valence-corrected chi connectivity index (χ3v) is 2.16. The Morgan fingerprint density at radius 2 is 2.14 bits per heavy atom. The van der Waals surface area contributed by atoms with Crippen molar-refractivity contribution in [2.24, 2.45) is 0 Å². The second-order valence-electron chi connectivity index (χ2n) is 1.09. The SMILES string of the molecule is C1=CC[Se]C=C1.[NaH]. The molecule has 1 aliphatic rings. The number of hydrogen-bond acceptors (Lipinski definition) is 0. The molecular formula is C5H7NaSe. The van der Waals surface area contributed by atoms with E-state index in [9.17, 15) is 0 Å². The van der Waals surface area contributed by atoms with Crippen LogP contribution in [0.15, 0.2) is 23.2 Å². The van der Waals surface area contributed by atoms with Gasteiger partial charge in [-0.1, -0.05) is 0 Å². The van der Waals surface area contributed by atoms with Crippen LogP contribution in [0.1, 0.15) is 0 Å². The van der Waals surface area contributed by atoms with Crippen molar-refractivity contribution in [3.05, 3.63) is 23.2 Å². The molecule has 0 saturated carbocycles. The number of rotatable bonds is 0. The molecular weight excluding hydrogens is 162 g/mol. The summed E-state index contributed by atoms with van der Waals surface area (Å²) in [5.41, 5.74) is 0. The van der Waals surface area contributed by atoms with E-state index in [0.717, 1.165) is 15.0 Å². The van der Waals surface area contributed by atoms with Crippen molar-refractivity contribution in [1.29, 1.82) is 0 Å². The van der Waals surface area contributed by atoms with E-state index < -0.39 is 0 Å². The first-order chi connectivity index (χ1) is 3.00. The molecule has 7 heavy (non-hydrogen) atoms. The Balaban J connectivity index is 0.000000360. The summed E-state index contributed by atoms with van der Waals surface area (Å²) >= 11 is 0.786. The minimum atomic E-state index is 0. The van der Waals surface area contributed by atoms with Crippen LogP contribution >= 0.6 is 0 Å². The van der Waals surface area contributed by atoms with Crippen LogP contribution in [-0.2, 0) is 0 Å². The Labute approximate surface area is 72.5 Å². The van der Waals surface area contributed by atoms with Crippen molar-refractivity contribution in [3.8, 4) is 0 Å². The average molecular weight is 169 g/mol. The van der Waals surface area contributed by atoms with Gasteiger partial charge in [-0.3, -0.25) is 0 Å². The van der Waals surface area contributed by atoms with Crippen molar-refractivity contribution < 1.29 is 0 Å². The van der Waals surface area contributed by atoms with E-state index in [1.165, 1.54) is 5.32 Å². The monoisotopic (exact) mass is 170 g/mol. The number of allylic oxidation sites excluding steroid dienone is 3.